The number of rotatable bonds is 3. The van der Waals surface area contributed by atoms with E-state index in [0.29, 0.717) is 23.1 Å². The number of benzene rings is 1. The van der Waals surface area contributed by atoms with E-state index in [4.69, 9.17) is 17.3 Å². The van der Waals surface area contributed by atoms with Gasteiger partial charge in [-0.2, -0.15) is 0 Å². The van der Waals surface area contributed by atoms with Crippen LogP contribution in [0.3, 0.4) is 0 Å². The lowest BCUT2D eigenvalue weighted by molar-refractivity contribution is 0.487. The second-order valence-corrected chi connectivity index (χ2v) is 6.47. The molecule has 0 amide bonds. The van der Waals surface area contributed by atoms with Crippen LogP contribution < -0.4 is 16.2 Å². The molecule has 0 saturated carbocycles. The van der Waals surface area contributed by atoms with Crippen molar-refractivity contribution in [1.29, 1.82) is 0 Å². The number of aryl methyl sites for hydroxylation is 1. The van der Waals surface area contributed by atoms with Crippen molar-refractivity contribution in [3.05, 3.63) is 50.7 Å². The summed E-state index contributed by atoms with van der Waals surface area (Å²) in [5, 5.41) is 8.54. The molecule has 0 unspecified atom stereocenters. The summed E-state index contributed by atoms with van der Waals surface area (Å²) in [4.78, 5) is 14.5. The Bertz CT molecular complexity index is 810. The van der Waals surface area contributed by atoms with Gasteiger partial charge in [-0.15, -0.1) is 10.2 Å². The lowest BCUT2D eigenvalue weighted by Gasteiger charge is -2.32. The molecule has 1 aromatic carbocycles. The topological polar surface area (TPSA) is 77.0 Å². The molecule has 0 aliphatic carbocycles. The van der Waals surface area contributed by atoms with Crippen LogP contribution in [0.15, 0.2) is 23.0 Å². The molecule has 6 nitrogen and oxygen atoms in total. The highest BCUT2D eigenvalue weighted by Gasteiger charge is 2.22. The minimum atomic E-state index is -0.400. The fourth-order valence-corrected chi connectivity index (χ4v) is 3.08. The van der Waals surface area contributed by atoms with Crippen molar-refractivity contribution in [2.45, 2.75) is 32.4 Å². The molecule has 3 rings (SSSR count). The highest BCUT2D eigenvalue weighted by atomic mass is 35.5. The first-order valence-corrected chi connectivity index (χ1v) is 8.22. The van der Waals surface area contributed by atoms with E-state index in [2.05, 4.69) is 10.2 Å². The molecule has 0 radical (unpaired) electrons. The van der Waals surface area contributed by atoms with Gasteiger partial charge in [-0.1, -0.05) is 11.6 Å². The van der Waals surface area contributed by atoms with Crippen molar-refractivity contribution >= 4 is 17.5 Å². The van der Waals surface area contributed by atoms with Gasteiger partial charge < -0.3 is 10.6 Å². The third-order valence-electron chi connectivity index (χ3n) is 4.16. The first-order valence-electron chi connectivity index (χ1n) is 7.84. The maximum Gasteiger partial charge on any atom is 0.276 e. The van der Waals surface area contributed by atoms with Crippen LogP contribution >= 0.6 is 11.6 Å². The standard InChI is InChI=1S/C16H19ClFN5O/c1-10-15(24)23(8-11-7-12(18)4-5-14(11)17)16(21-20-10)22-6-2-3-13(19)9-22/h4-5,7,13H,2-3,6,8-9,19H2,1H3/t13-/m1/s1. The normalized spacial score (nSPS) is 18.0. The molecule has 1 aliphatic rings. The highest BCUT2D eigenvalue weighted by molar-refractivity contribution is 6.31. The van der Waals surface area contributed by atoms with E-state index in [0.717, 1.165) is 19.4 Å². The number of nitrogens with zero attached hydrogens (tertiary/aromatic N) is 4. The van der Waals surface area contributed by atoms with E-state index in [-0.39, 0.29) is 23.8 Å². The smallest absolute Gasteiger partial charge is 0.276 e. The Morgan fingerprint density at radius 3 is 2.96 bits per heavy atom. The Hall–Kier alpha value is -1.99. The molecule has 2 heterocycles. The van der Waals surface area contributed by atoms with Gasteiger partial charge in [0.05, 0.1) is 6.54 Å². The summed E-state index contributed by atoms with van der Waals surface area (Å²) in [6, 6.07) is 4.13. The van der Waals surface area contributed by atoms with Crippen LogP contribution in [0, 0.1) is 12.7 Å². The molecule has 1 aliphatic heterocycles. The van der Waals surface area contributed by atoms with E-state index in [1.807, 2.05) is 4.90 Å². The van der Waals surface area contributed by atoms with Gasteiger partial charge in [0.1, 0.15) is 11.5 Å². The molecule has 2 aromatic rings. The van der Waals surface area contributed by atoms with E-state index in [1.54, 1.807) is 6.92 Å². The van der Waals surface area contributed by atoms with E-state index >= 15 is 0 Å². The third-order valence-corrected chi connectivity index (χ3v) is 4.53. The Morgan fingerprint density at radius 1 is 1.42 bits per heavy atom. The molecule has 2 N–H and O–H groups in total. The summed E-state index contributed by atoms with van der Waals surface area (Å²) >= 11 is 6.15. The Morgan fingerprint density at radius 2 is 2.21 bits per heavy atom. The number of piperidine rings is 1. The maximum atomic E-state index is 13.5. The molecular formula is C16H19ClFN5O. The van der Waals surface area contributed by atoms with Gasteiger partial charge in [0.15, 0.2) is 0 Å². The molecule has 8 heteroatoms. The molecule has 0 bridgehead atoms. The van der Waals surface area contributed by atoms with Crippen LogP contribution in [0.25, 0.3) is 0 Å². The number of hydrogen-bond donors (Lipinski definition) is 1. The lowest BCUT2D eigenvalue weighted by Crippen LogP contribution is -2.46. The largest absolute Gasteiger partial charge is 0.339 e. The van der Waals surface area contributed by atoms with Gasteiger partial charge in [-0.3, -0.25) is 9.36 Å². The zero-order valence-electron chi connectivity index (χ0n) is 13.4. The molecule has 0 spiro atoms. The van der Waals surface area contributed by atoms with Gasteiger partial charge >= 0.3 is 0 Å². The summed E-state index contributed by atoms with van der Waals surface area (Å²) in [5.74, 6) is 0.0452. The van der Waals surface area contributed by atoms with Crippen molar-refractivity contribution in [3.8, 4) is 0 Å². The minimum Gasteiger partial charge on any atom is -0.339 e. The van der Waals surface area contributed by atoms with Gasteiger partial charge in [0.2, 0.25) is 5.95 Å². The molecule has 128 valence electrons. The first kappa shape index (κ1) is 16.9. The molecular weight excluding hydrogens is 333 g/mol. The van der Waals surface area contributed by atoms with Crippen LogP contribution in [0.4, 0.5) is 10.3 Å². The number of aromatic nitrogens is 3. The van der Waals surface area contributed by atoms with Crippen LogP contribution in [0.5, 0.6) is 0 Å². The average Bonchev–Trinajstić information content (AvgIpc) is 2.55. The van der Waals surface area contributed by atoms with Crippen molar-refractivity contribution < 1.29 is 4.39 Å². The second-order valence-electron chi connectivity index (χ2n) is 6.06. The zero-order valence-corrected chi connectivity index (χ0v) is 14.1. The Labute approximate surface area is 144 Å². The van der Waals surface area contributed by atoms with Gasteiger partial charge in [0.25, 0.3) is 5.56 Å². The predicted molar refractivity (Wildman–Crippen MR) is 91.0 cm³/mol. The molecule has 1 fully saturated rings. The quantitative estimate of drug-likeness (QED) is 0.911. The van der Waals surface area contributed by atoms with Crippen LogP contribution in [-0.2, 0) is 6.54 Å². The fourth-order valence-electron chi connectivity index (χ4n) is 2.91. The number of hydrogen-bond acceptors (Lipinski definition) is 5. The van der Waals surface area contributed by atoms with Crippen molar-refractivity contribution in [2.24, 2.45) is 5.73 Å². The van der Waals surface area contributed by atoms with Crippen molar-refractivity contribution in [3.63, 3.8) is 0 Å². The highest BCUT2D eigenvalue weighted by Crippen LogP contribution is 2.21. The average molecular weight is 352 g/mol. The number of nitrogens with two attached hydrogens (primary N) is 1. The fraction of sp³-hybridized carbons (Fsp3) is 0.438. The van der Waals surface area contributed by atoms with E-state index in [9.17, 15) is 9.18 Å². The molecule has 1 aromatic heterocycles. The van der Waals surface area contributed by atoms with Gasteiger partial charge in [-0.05, 0) is 43.5 Å². The Kier molecular flexibility index (Phi) is 4.82. The summed E-state index contributed by atoms with van der Waals surface area (Å²) in [6.07, 6.45) is 1.86. The van der Waals surface area contributed by atoms with E-state index < -0.39 is 5.82 Å². The second kappa shape index (κ2) is 6.86. The minimum absolute atomic E-state index is 0.0307. The summed E-state index contributed by atoms with van der Waals surface area (Å²) < 4.78 is 15.0. The van der Waals surface area contributed by atoms with Crippen LogP contribution in [0.1, 0.15) is 24.1 Å². The van der Waals surface area contributed by atoms with Crippen LogP contribution in [-0.4, -0.2) is 33.9 Å². The Balaban J connectivity index is 2.03. The molecule has 1 atom stereocenters. The first-order chi connectivity index (χ1) is 11.5. The third kappa shape index (κ3) is 3.42. The summed E-state index contributed by atoms with van der Waals surface area (Å²) in [5.41, 5.74) is 6.57. The monoisotopic (exact) mass is 351 g/mol. The lowest BCUT2D eigenvalue weighted by atomic mass is 10.1. The van der Waals surface area contributed by atoms with Gasteiger partial charge in [0, 0.05) is 24.2 Å². The van der Waals surface area contributed by atoms with Crippen LogP contribution in [0.2, 0.25) is 5.02 Å². The van der Waals surface area contributed by atoms with Gasteiger partial charge in [-0.25, -0.2) is 4.39 Å². The zero-order chi connectivity index (χ0) is 17.3. The number of anilines is 1. The van der Waals surface area contributed by atoms with E-state index in [1.165, 1.54) is 22.8 Å². The van der Waals surface area contributed by atoms with Crippen molar-refractivity contribution in [1.82, 2.24) is 14.8 Å². The summed E-state index contributed by atoms with van der Waals surface area (Å²) in [7, 11) is 0. The molecule has 24 heavy (non-hydrogen) atoms. The number of halogens is 2. The summed E-state index contributed by atoms with van der Waals surface area (Å²) in [6.45, 7) is 3.09. The SMILES string of the molecule is Cc1nnc(N2CCC[C@@H](N)C2)n(Cc2cc(F)ccc2Cl)c1=O. The predicted octanol–water partition coefficient (Wildman–Crippen LogP) is 1.72. The van der Waals surface area contributed by atoms with Crippen molar-refractivity contribution in [2.75, 3.05) is 18.0 Å². The molecule has 1 saturated heterocycles. The maximum absolute atomic E-state index is 13.5.